The van der Waals surface area contributed by atoms with Crippen molar-refractivity contribution in [2.75, 3.05) is 20.3 Å². The van der Waals surface area contributed by atoms with E-state index in [0.717, 1.165) is 9.92 Å². The number of nitrogens with zero attached hydrogens (tertiary/aromatic N) is 2. The average molecular weight is 326 g/mol. The molecule has 0 saturated carbocycles. The lowest BCUT2D eigenvalue weighted by Crippen LogP contribution is -2.31. The molecule has 0 spiro atoms. The Labute approximate surface area is 132 Å². The molecule has 2 unspecified atom stereocenters. The molecule has 7 heteroatoms. The van der Waals surface area contributed by atoms with Crippen LogP contribution in [0.15, 0.2) is 33.7 Å². The van der Waals surface area contributed by atoms with Gasteiger partial charge in [0.2, 0.25) is 5.89 Å². The first-order valence-corrected chi connectivity index (χ1v) is 8.09. The Hall–Kier alpha value is -1.08. The first-order valence-electron chi connectivity index (χ1n) is 6.72. The Morgan fingerprint density at radius 2 is 2.24 bits per heavy atom. The zero-order chi connectivity index (χ0) is 14.7. The molecule has 0 bridgehead atoms. The normalized spacial score (nSPS) is 21.8. The molecular formula is C14H16ClN3O2S. The number of halogens is 1. The van der Waals surface area contributed by atoms with Gasteiger partial charge in [-0.05, 0) is 19.2 Å². The summed E-state index contributed by atoms with van der Waals surface area (Å²) in [5.74, 6) is 2.07. The molecule has 112 valence electrons. The second-order valence-electron chi connectivity index (χ2n) is 4.81. The number of rotatable bonds is 5. The van der Waals surface area contributed by atoms with Gasteiger partial charge in [0.15, 0.2) is 5.82 Å². The minimum absolute atomic E-state index is 0.126. The van der Waals surface area contributed by atoms with Crippen LogP contribution in [0.25, 0.3) is 0 Å². The molecule has 1 N–H and O–H groups in total. The smallest absolute Gasteiger partial charge is 0.233 e. The highest BCUT2D eigenvalue weighted by Gasteiger charge is 2.32. The maximum atomic E-state index is 6.13. The fourth-order valence-corrected chi connectivity index (χ4v) is 3.34. The van der Waals surface area contributed by atoms with Gasteiger partial charge in [0.1, 0.15) is 0 Å². The summed E-state index contributed by atoms with van der Waals surface area (Å²) in [5.41, 5.74) is 0. The maximum Gasteiger partial charge on any atom is 0.233 e. The third kappa shape index (κ3) is 3.40. The van der Waals surface area contributed by atoms with Crippen LogP contribution in [-0.4, -0.2) is 36.4 Å². The zero-order valence-electron chi connectivity index (χ0n) is 11.6. The van der Waals surface area contributed by atoms with Crippen molar-refractivity contribution in [1.29, 1.82) is 0 Å². The largest absolute Gasteiger partial charge is 0.379 e. The second-order valence-corrected chi connectivity index (χ2v) is 6.23. The average Bonchev–Trinajstić information content (AvgIpc) is 3.14. The minimum atomic E-state index is 0.126. The molecule has 0 amide bonds. The van der Waals surface area contributed by atoms with Gasteiger partial charge in [0.05, 0.1) is 29.9 Å². The third-order valence-corrected chi connectivity index (χ3v) is 4.96. The van der Waals surface area contributed by atoms with Crippen molar-refractivity contribution in [3.05, 3.63) is 41.0 Å². The van der Waals surface area contributed by atoms with Gasteiger partial charge in [0.25, 0.3) is 0 Å². The Balaban J connectivity index is 1.64. The van der Waals surface area contributed by atoms with Crippen molar-refractivity contribution in [2.45, 2.75) is 22.6 Å². The molecule has 1 saturated heterocycles. The summed E-state index contributed by atoms with van der Waals surface area (Å²) in [5, 5.41) is 7.99. The number of thioether (sulfide) groups is 1. The highest BCUT2D eigenvalue weighted by molar-refractivity contribution is 7.98. The minimum Gasteiger partial charge on any atom is -0.379 e. The lowest BCUT2D eigenvalue weighted by atomic mass is 10.0. The van der Waals surface area contributed by atoms with Gasteiger partial charge in [-0.3, -0.25) is 0 Å². The molecule has 2 aromatic rings. The van der Waals surface area contributed by atoms with Gasteiger partial charge < -0.3 is 14.6 Å². The lowest BCUT2D eigenvalue weighted by Gasteiger charge is -2.11. The predicted octanol–water partition coefficient (Wildman–Crippen LogP) is 2.72. The SMILES string of the molecule is CNC1COCC1c1nc(CSc2ccccc2Cl)no1. The van der Waals surface area contributed by atoms with Crippen LogP contribution in [-0.2, 0) is 10.5 Å². The number of likely N-dealkylation sites (N-methyl/N-ethyl adjacent to an activating group) is 1. The monoisotopic (exact) mass is 325 g/mol. The number of benzene rings is 1. The van der Waals surface area contributed by atoms with Crippen LogP contribution in [0.1, 0.15) is 17.6 Å². The number of nitrogens with one attached hydrogen (secondary N) is 1. The van der Waals surface area contributed by atoms with Crippen LogP contribution in [0.5, 0.6) is 0 Å². The van der Waals surface area contributed by atoms with Gasteiger partial charge in [-0.25, -0.2) is 0 Å². The molecule has 3 rings (SSSR count). The summed E-state index contributed by atoms with van der Waals surface area (Å²) in [6.45, 7) is 1.29. The van der Waals surface area contributed by atoms with Crippen LogP contribution in [0, 0.1) is 0 Å². The van der Waals surface area contributed by atoms with E-state index < -0.39 is 0 Å². The summed E-state index contributed by atoms with van der Waals surface area (Å²) in [6.07, 6.45) is 0. The van der Waals surface area contributed by atoms with Crippen molar-refractivity contribution in [3.8, 4) is 0 Å². The standard InChI is InChI=1S/C14H16ClN3O2S/c1-16-11-7-19-6-9(11)14-17-13(18-20-14)8-21-12-5-3-2-4-10(12)15/h2-5,9,11,16H,6-8H2,1H3. The van der Waals surface area contributed by atoms with Crippen LogP contribution in [0.2, 0.25) is 5.02 Å². The lowest BCUT2D eigenvalue weighted by molar-refractivity contribution is 0.185. The molecule has 1 aromatic heterocycles. The summed E-state index contributed by atoms with van der Waals surface area (Å²) in [4.78, 5) is 5.49. The van der Waals surface area contributed by atoms with Crippen molar-refractivity contribution in [2.24, 2.45) is 0 Å². The van der Waals surface area contributed by atoms with E-state index >= 15 is 0 Å². The fourth-order valence-electron chi connectivity index (χ4n) is 2.26. The molecule has 2 heterocycles. The topological polar surface area (TPSA) is 60.2 Å². The van der Waals surface area contributed by atoms with Crippen LogP contribution in [0.4, 0.5) is 0 Å². The van der Waals surface area contributed by atoms with E-state index in [-0.39, 0.29) is 12.0 Å². The molecule has 1 aromatic carbocycles. The number of ether oxygens (including phenoxy) is 1. The first-order chi connectivity index (χ1) is 10.3. The predicted molar refractivity (Wildman–Crippen MR) is 81.7 cm³/mol. The Morgan fingerprint density at radius 1 is 1.38 bits per heavy atom. The fraction of sp³-hybridized carbons (Fsp3) is 0.429. The third-order valence-electron chi connectivity index (χ3n) is 3.45. The van der Waals surface area contributed by atoms with Crippen molar-refractivity contribution >= 4 is 23.4 Å². The molecule has 1 aliphatic heterocycles. The highest BCUT2D eigenvalue weighted by atomic mass is 35.5. The Kier molecular flexibility index (Phi) is 4.80. The Bertz CT molecular complexity index is 607. The molecule has 5 nitrogen and oxygen atoms in total. The number of aromatic nitrogens is 2. The molecule has 0 radical (unpaired) electrons. The van der Waals surface area contributed by atoms with E-state index in [1.807, 2.05) is 31.3 Å². The number of hydrogen-bond acceptors (Lipinski definition) is 6. The molecule has 0 aliphatic carbocycles. The molecule has 21 heavy (non-hydrogen) atoms. The van der Waals surface area contributed by atoms with Gasteiger partial charge in [-0.2, -0.15) is 4.98 Å². The van der Waals surface area contributed by atoms with E-state index in [4.69, 9.17) is 20.9 Å². The number of hydrogen-bond donors (Lipinski definition) is 1. The van der Waals surface area contributed by atoms with Crippen molar-refractivity contribution in [1.82, 2.24) is 15.5 Å². The van der Waals surface area contributed by atoms with E-state index in [9.17, 15) is 0 Å². The molecule has 2 atom stereocenters. The summed E-state index contributed by atoms with van der Waals surface area (Å²) in [6, 6.07) is 7.96. The van der Waals surface area contributed by atoms with E-state index in [0.29, 0.717) is 30.7 Å². The summed E-state index contributed by atoms with van der Waals surface area (Å²) >= 11 is 7.73. The quantitative estimate of drug-likeness (QED) is 0.853. The first kappa shape index (κ1) is 14.8. The molecule has 1 fully saturated rings. The molecular weight excluding hydrogens is 310 g/mol. The Morgan fingerprint density at radius 3 is 3.05 bits per heavy atom. The van der Waals surface area contributed by atoms with Crippen LogP contribution in [0.3, 0.4) is 0 Å². The highest BCUT2D eigenvalue weighted by Crippen LogP contribution is 2.30. The second kappa shape index (κ2) is 6.79. The summed E-state index contributed by atoms with van der Waals surface area (Å²) in [7, 11) is 1.91. The summed E-state index contributed by atoms with van der Waals surface area (Å²) < 4.78 is 10.8. The van der Waals surface area contributed by atoms with Gasteiger partial charge in [0, 0.05) is 10.9 Å². The van der Waals surface area contributed by atoms with Gasteiger partial charge in [-0.15, -0.1) is 11.8 Å². The van der Waals surface area contributed by atoms with Crippen molar-refractivity contribution < 1.29 is 9.26 Å². The van der Waals surface area contributed by atoms with Crippen LogP contribution >= 0.6 is 23.4 Å². The van der Waals surface area contributed by atoms with Gasteiger partial charge in [-0.1, -0.05) is 28.9 Å². The van der Waals surface area contributed by atoms with Crippen LogP contribution < -0.4 is 5.32 Å². The van der Waals surface area contributed by atoms with Crippen molar-refractivity contribution in [3.63, 3.8) is 0 Å². The van der Waals surface area contributed by atoms with E-state index in [2.05, 4.69) is 15.5 Å². The van der Waals surface area contributed by atoms with Gasteiger partial charge >= 0.3 is 0 Å². The van der Waals surface area contributed by atoms with E-state index in [1.54, 1.807) is 11.8 Å². The van der Waals surface area contributed by atoms with E-state index in [1.165, 1.54) is 0 Å². The maximum absolute atomic E-state index is 6.13. The molecule has 1 aliphatic rings. The zero-order valence-corrected chi connectivity index (χ0v) is 13.2.